The molecule has 0 spiro atoms. The van der Waals surface area contributed by atoms with Gasteiger partial charge in [-0.3, -0.25) is 4.72 Å². The first kappa shape index (κ1) is 20.6. The van der Waals surface area contributed by atoms with Crippen molar-refractivity contribution in [2.24, 2.45) is 5.14 Å². The van der Waals surface area contributed by atoms with Gasteiger partial charge in [-0.25, -0.2) is 22.0 Å². The molecule has 0 fully saturated rings. The molecule has 1 aliphatic carbocycles. The zero-order valence-corrected chi connectivity index (χ0v) is 17.8. The molecule has 1 heterocycles. The molecule has 4 rings (SSSR count). The lowest BCUT2D eigenvalue weighted by atomic mass is 10.1. The number of anilines is 1. The van der Waals surface area contributed by atoms with Crippen LogP contribution < -0.4 is 9.86 Å². The largest absolute Gasteiger partial charge is 0.464 e. The van der Waals surface area contributed by atoms with E-state index in [-0.39, 0.29) is 22.8 Å². The van der Waals surface area contributed by atoms with Crippen LogP contribution in [0.25, 0.3) is 11.3 Å². The van der Waals surface area contributed by atoms with Gasteiger partial charge in [-0.2, -0.15) is 0 Å². The van der Waals surface area contributed by atoms with Gasteiger partial charge in [-0.15, -0.1) is 0 Å². The summed E-state index contributed by atoms with van der Waals surface area (Å²) in [6, 6.07) is 14.2. The van der Waals surface area contributed by atoms with Gasteiger partial charge in [-0.05, 0) is 66.6 Å². The molecule has 2 aromatic carbocycles. The molecule has 0 atom stereocenters. The summed E-state index contributed by atoms with van der Waals surface area (Å²) in [6.45, 7) is 0. The molecule has 0 unspecified atom stereocenters. The smallest absolute Gasteiger partial charge is 0.240 e. The van der Waals surface area contributed by atoms with E-state index in [1.54, 1.807) is 18.4 Å². The Bertz CT molecular complexity index is 1260. The standard InChI is InChI=1S/C21H22N2O5S2/c22-30(26,27)21-14-18-4-1-3-17(18)13-19(21)23-29(24,25)12-10-15-6-8-16(9-7-15)20-5-2-11-28-20/h2,5-9,11,13-14,23H,1,3-4,10,12H2,(H2,22,26,27). The van der Waals surface area contributed by atoms with Crippen LogP contribution in [0.4, 0.5) is 5.69 Å². The first-order valence-corrected chi connectivity index (χ1v) is 12.7. The van der Waals surface area contributed by atoms with Gasteiger partial charge in [0.15, 0.2) is 0 Å². The van der Waals surface area contributed by atoms with Crippen LogP contribution in [0.3, 0.4) is 0 Å². The average Bonchev–Trinajstić information content (AvgIpc) is 3.37. The van der Waals surface area contributed by atoms with Crippen LogP contribution in [-0.4, -0.2) is 22.6 Å². The molecule has 1 aromatic heterocycles. The van der Waals surface area contributed by atoms with Gasteiger partial charge < -0.3 is 4.42 Å². The van der Waals surface area contributed by atoms with Crippen LogP contribution in [0.15, 0.2) is 64.1 Å². The minimum absolute atomic E-state index is 0.0197. The number of rotatable bonds is 7. The lowest BCUT2D eigenvalue weighted by Gasteiger charge is -2.14. The third-order valence-electron chi connectivity index (χ3n) is 5.19. The molecule has 158 valence electrons. The minimum atomic E-state index is -4.06. The summed E-state index contributed by atoms with van der Waals surface area (Å²) in [7, 11) is -7.83. The van der Waals surface area contributed by atoms with Crippen LogP contribution in [0.5, 0.6) is 0 Å². The lowest BCUT2D eigenvalue weighted by Crippen LogP contribution is -2.22. The third-order valence-corrected chi connectivity index (χ3v) is 7.41. The van der Waals surface area contributed by atoms with Gasteiger partial charge in [0.05, 0.1) is 17.7 Å². The van der Waals surface area contributed by atoms with Crippen LogP contribution in [0.2, 0.25) is 0 Å². The number of sulfonamides is 2. The van der Waals surface area contributed by atoms with Crippen LogP contribution in [0.1, 0.15) is 23.1 Å². The van der Waals surface area contributed by atoms with Crippen molar-refractivity contribution in [2.75, 3.05) is 10.5 Å². The third kappa shape index (κ3) is 4.58. The van der Waals surface area contributed by atoms with Crippen molar-refractivity contribution in [3.05, 3.63) is 71.5 Å². The zero-order chi connectivity index (χ0) is 21.4. The van der Waals surface area contributed by atoms with Crippen LogP contribution in [-0.2, 0) is 39.3 Å². The molecule has 0 aliphatic heterocycles. The monoisotopic (exact) mass is 446 g/mol. The van der Waals surface area contributed by atoms with E-state index in [2.05, 4.69) is 4.72 Å². The molecule has 30 heavy (non-hydrogen) atoms. The van der Waals surface area contributed by atoms with Crippen molar-refractivity contribution in [1.82, 2.24) is 0 Å². The van der Waals surface area contributed by atoms with Crippen molar-refractivity contribution >= 4 is 25.7 Å². The molecule has 9 heteroatoms. The van der Waals surface area contributed by atoms with E-state index in [4.69, 9.17) is 9.56 Å². The molecule has 7 nitrogen and oxygen atoms in total. The number of nitrogens with two attached hydrogens (primary N) is 1. The maximum atomic E-state index is 12.6. The molecule has 1 aliphatic rings. The Morgan fingerprint density at radius 2 is 1.67 bits per heavy atom. The molecular weight excluding hydrogens is 424 g/mol. The summed E-state index contributed by atoms with van der Waals surface area (Å²) >= 11 is 0. The highest BCUT2D eigenvalue weighted by atomic mass is 32.2. The van der Waals surface area contributed by atoms with E-state index in [0.717, 1.165) is 47.3 Å². The topological polar surface area (TPSA) is 119 Å². The SMILES string of the molecule is NS(=O)(=O)c1cc2c(cc1NS(=O)(=O)CCc1ccc(-c3ccco3)cc1)CCC2. The number of fused-ring (bicyclic) bond motifs is 1. The van der Waals surface area contributed by atoms with E-state index < -0.39 is 20.0 Å². The number of furan rings is 1. The fourth-order valence-electron chi connectivity index (χ4n) is 3.67. The van der Waals surface area contributed by atoms with Crippen molar-refractivity contribution in [3.63, 3.8) is 0 Å². The molecule has 0 saturated heterocycles. The zero-order valence-electron chi connectivity index (χ0n) is 16.2. The number of hydrogen-bond donors (Lipinski definition) is 2. The maximum absolute atomic E-state index is 12.6. The normalized spacial score (nSPS) is 13.9. The highest BCUT2D eigenvalue weighted by molar-refractivity contribution is 7.93. The van der Waals surface area contributed by atoms with E-state index in [1.165, 1.54) is 6.07 Å². The maximum Gasteiger partial charge on any atom is 0.240 e. The molecule has 3 N–H and O–H groups in total. The van der Waals surface area contributed by atoms with Gasteiger partial charge in [-0.1, -0.05) is 24.3 Å². The average molecular weight is 447 g/mol. The van der Waals surface area contributed by atoms with Gasteiger partial charge in [0.1, 0.15) is 10.7 Å². The second kappa shape index (κ2) is 7.90. The predicted octanol–water partition coefficient (Wildman–Crippen LogP) is 3.07. The Kier molecular flexibility index (Phi) is 5.44. The Hall–Kier alpha value is -2.62. The molecule has 0 radical (unpaired) electrons. The van der Waals surface area contributed by atoms with E-state index in [1.807, 2.05) is 30.3 Å². The number of aryl methyl sites for hydroxylation is 3. The fourth-order valence-corrected chi connectivity index (χ4v) is 5.56. The van der Waals surface area contributed by atoms with E-state index in [0.29, 0.717) is 0 Å². The van der Waals surface area contributed by atoms with Gasteiger partial charge in [0, 0.05) is 5.56 Å². The van der Waals surface area contributed by atoms with Crippen molar-refractivity contribution in [2.45, 2.75) is 30.6 Å². The molecular formula is C21H22N2O5S2. The molecule has 3 aromatic rings. The Morgan fingerprint density at radius 3 is 2.30 bits per heavy atom. The second-order valence-electron chi connectivity index (χ2n) is 7.36. The number of hydrogen-bond acceptors (Lipinski definition) is 5. The van der Waals surface area contributed by atoms with Gasteiger partial charge in [0.25, 0.3) is 0 Å². The molecule has 0 bridgehead atoms. The number of nitrogens with one attached hydrogen (secondary N) is 1. The van der Waals surface area contributed by atoms with Gasteiger partial charge >= 0.3 is 0 Å². The Balaban J connectivity index is 1.50. The van der Waals surface area contributed by atoms with Crippen molar-refractivity contribution < 1.29 is 21.3 Å². The summed E-state index contributed by atoms with van der Waals surface area (Å²) in [6.07, 6.45) is 4.33. The highest BCUT2D eigenvalue weighted by Crippen LogP contribution is 2.31. The molecule has 0 saturated carbocycles. The fraction of sp³-hybridized carbons (Fsp3) is 0.238. The summed E-state index contributed by atoms with van der Waals surface area (Å²) in [5.74, 6) is 0.553. The van der Waals surface area contributed by atoms with Crippen LogP contribution >= 0.6 is 0 Å². The summed E-state index contributed by atoms with van der Waals surface area (Å²) < 4.78 is 57.0. The quantitative estimate of drug-likeness (QED) is 0.578. The minimum Gasteiger partial charge on any atom is -0.464 e. The van der Waals surface area contributed by atoms with Crippen molar-refractivity contribution in [3.8, 4) is 11.3 Å². The second-order valence-corrected chi connectivity index (χ2v) is 10.7. The lowest BCUT2D eigenvalue weighted by molar-refractivity contribution is 0.582. The van der Waals surface area contributed by atoms with Crippen molar-refractivity contribution in [1.29, 1.82) is 0 Å². The summed E-state index contributed by atoms with van der Waals surface area (Å²) in [4.78, 5) is -0.186. The Morgan fingerprint density at radius 1 is 0.967 bits per heavy atom. The first-order chi connectivity index (χ1) is 14.2. The number of benzene rings is 2. The summed E-state index contributed by atoms with van der Waals surface area (Å²) in [5, 5.41) is 5.32. The molecule has 0 amide bonds. The first-order valence-electron chi connectivity index (χ1n) is 9.53. The Labute approximate surface area is 176 Å². The van der Waals surface area contributed by atoms with E-state index in [9.17, 15) is 16.8 Å². The van der Waals surface area contributed by atoms with E-state index >= 15 is 0 Å². The van der Waals surface area contributed by atoms with Gasteiger partial charge in [0.2, 0.25) is 20.0 Å². The van der Waals surface area contributed by atoms with Crippen LogP contribution in [0, 0.1) is 0 Å². The summed E-state index contributed by atoms with van der Waals surface area (Å²) in [5.41, 5.74) is 3.62. The number of primary sulfonamides is 1. The predicted molar refractivity (Wildman–Crippen MR) is 115 cm³/mol. The highest BCUT2D eigenvalue weighted by Gasteiger charge is 2.23.